The number of halogens is 3. The number of anilines is 2. The Morgan fingerprint density at radius 2 is 1.79 bits per heavy atom. The Labute approximate surface area is 218 Å². The fourth-order valence-corrected chi connectivity index (χ4v) is 4.77. The zero-order valence-electron chi connectivity index (χ0n) is 20.6. The molecule has 0 spiro atoms. The quantitative estimate of drug-likeness (QED) is 0.293. The molecule has 0 saturated heterocycles. The van der Waals surface area contributed by atoms with Crippen LogP contribution in [0.1, 0.15) is 59.3 Å². The van der Waals surface area contributed by atoms with Crippen LogP contribution < -0.4 is 5.32 Å². The smallest absolute Gasteiger partial charge is 0.419 e. The molecule has 2 aromatic carbocycles. The lowest BCUT2D eigenvalue weighted by Gasteiger charge is -2.17. The fraction of sp³-hybridized carbons (Fsp3) is 0.357. The van der Waals surface area contributed by atoms with Gasteiger partial charge in [0.05, 0.1) is 22.7 Å². The first-order chi connectivity index (χ1) is 18.2. The number of ether oxygens (including phenoxy) is 1. The van der Waals surface area contributed by atoms with E-state index < -0.39 is 29.6 Å². The van der Waals surface area contributed by atoms with Gasteiger partial charge in [-0.3, -0.25) is 4.79 Å². The van der Waals surface area contributed by atoms with Gasteiger partial charge >= 0.3 is 18.1 Å². The van der Waals surface area contributed by atoms with Gasteiger partial charge in [0, 0.05) is 11.9 Å². The number of carbonyl (C=O) groups is 2. The number of hydrogen-bond donors (Lipinski definition) is 2. The van der Waals surface area contributed by atoms with Gasteiger partial charge in [-0.1, -0.05) is 36.8 Å². The number of carbonyl (C=O) groups excluding carboxylic acids is 1. The van der Waals surface area contributed by atoms with E-state index in [1.807, 2.05) is 30.3 Å². The van der Waals surface area contributed by atoms with Gasteiger partial charge in [0.1, 0.15) is 6.61 Å². The molecule has 200 valence electrons. The number of esters is 1. The molecule has 1 aliphatic carbocycles. The number of carboxylic acid groups (broad SMARTS) is 1. The molecule has 2 atom stereocenters. The van der Waals surface area contributed by atoms with Crippen molar-refractivity contribution in [3.05, 3.63) is 83.2 Å². The molecule has 38 heavy (non-hydrogen) atoms. The molecule has 1 heterocycles. The van der Waals surface area contributed by atoms with Gasteiger partial charge in [0.15, 0.2) is 0 Å². The summed E-state index contributed by atoms with van der Waals surface area (Å²) in [6, 6.07) is 15.5. The minimum atomic E-state index is -4.60. The third kappa shape index (κ3) is 7.08. The predicted octanol–water partition coefficient (Wildman–Crippen LogP) is 6.42. The zero-order valence-corrected chi connectivity index (χ0v) is 20.6. The Hall–Kier alpha value is -3.95. The summed E-state index contributed by atoms with van der Waals surface area (Å²) < 4.78 is 46.0. The van der Waals surface area contributed by atoms with E-state index in [4.69, 9.17) is 4.74 Å². The van der Waals surface area contributed by atoms with Crippen LogP contribution in [0.5, 0.6) is 0 Å². The highest BCUT2D eigenvalue weighted by Gasteiger charge is 2.36. The second kappa shape index (κ2) is 12.1. The van der Waals surface area contributed by atoms with Gasteiger partial charge in [-0.2, -0.15) is 13.2 Å². The summed E-state index contributed by atoms with van der Waals surface area (Å²) in [5.74, 6) is -1.80. The number of carboxylic acids is 1. The second-order valence-corrected chi connectivity index (χ2v) is 9.34. The van der Waals surface area contributed by atoms with Crippen molar-refractivity contribution in [1.82, 2.24) is 9.97 Å². The normalized spacial score (nSPS) is 17.2. The van der Waals surface area contributed by atoms with Gasteiger partial charge in [0.25, 0.3) is 0 Å². The molecule has 1 fully saturated rings. The van der Waals surface area contributed by atoms with Gasteiger partial charge in [0.2, 0.25) is 5.95 Å². The lowest BCUT2D eigenvalue weighted by atomic mass is 9.90. The lowest BCUT2D eigenvalue weighted by molar-refractivity contribution is -0.143. The Kier molecular flexibility index (Phi) is 8.60. The Bertz CT molecular complexity index is 1250. The summed E-state index contributed by atoms with van der Waals surface area (Å²) in [6.07, 6.45) is -0.658. The Morgan fingerprint density at radius 1 is 1.05 bits per heavy atom. The van der Waals surface area contributed by atoms with Crippen molar-refractivity contribution >= 4 is 23.6 Å². The van der Waals surface area contributed by atoms with Crippen LogP contribution in [0, 0.1) is 11.8 Å². The highest BCUT2D eigenvalue weighted by Crippen LogP contribution is 2.36. The zero-order chi connectivity index (χ0) is 27.1. The number of rotatable bonds is 10. The molecule has 4 rings (SSSR count). The maximum Gasteiger partial charge on any atom is 0.419 e. The highest BCUT2D eigenvalue weighted by molar-refractivity contribution is 5.89. The molecular weight excluding hydrogens is 499 g/mol. The van der Waals surface area contributed by atoms with Crippen LogP contribution in [0.15, 0.2) is 60.8 Å². The number of nitrogens with zero attached hydrogens (tertiary/aromatic N) is 2. The Morgan fingerprint density at radius 3 is 2.47 bits per heavy atom. The first-order valence-corrected chi connectivity index (χ1v) is 12.4. The van der Waals surface area contributed by atoms with Crippen LogP contribution in [-0.4, -0.2) is 27.0 Å². The molecule has 0 bridgehead atoms. The van der Waals surface area contributed by atoms with Crippen LogP contribution in [0.4, 0.5) is 24.8 Å². The number of aryl methyl sites for hydroxylation is 1. The van der Waals surface area contributed by atoms with E-state index in [2.05, 4.69) is 15.3 Å². The van der Waals surface area contributed by atoms with Gasteiger partial charge in [-0.15, -0.1) is 0 Å². The SMILES string of the molecule is O=C(OCc1ccccc1)c1ccc(Nc2ncc(C(F)(F)F)c(CCCC3CCC[C@@H]3C(=O)O)n2)cc1. The molecule has 2 N–H and O–H groups in total. The van der Waals surface area contributed by atoms with E-state index >= 15 is 0 Å². The maximum atomic E-state index is 13.6. The molecule has 0 aliphatic heterocycles. The maximum absolute atomic E-state index is 13.6. The number of benzene rings is 2. The van der Waals surface area contributed by atoms with Gasteiger partial charge < -0.3 is 15.2 Å². The summed E-state index contributed by atoms with van der Waals surface area (Å²) in [5, 5.41) is 12.2. The molecule has 1 aromatic heterocycles. The van der Waals surface area contributed by atoms with Crippen molar-refractivity contribution < 1.29 is 32.6 Å². The molecule has 10 heteroatoms. The van der Waals surface area contributed by atoms with Crippen LogP contribution in [0.2, 0.25) is 0 Å². The second-order valence-electron chi connectivity index (χ2n) is 9.34. The summed E-state index contributed by atoms with van der Waals surface area (Å²) in [7, 11) is 0. The van der Waals surface area contributed by atoms with Crippen LogP contribution in [0.3, 0.4) is 0 Å². The predicted molar refractivity (Wildman–Crippen MR) is 134 cm³/mol. The van der Waals surface area contributed by atoms with Crippen molar-refractivity contribution in [1.29, 1.82) is 0 Å². The van der Waals surface area contributed by atoms with Gasteiger partial charge in [-0.25, -0.2) is 14.8 Å². The van der Waals surface area contributed by atoms with Crippen molar-refractivity contribution in [2.45, 2.75) is 51.3 Å². The topological polar surface area (TPSA) is 101 Å². The van der Waals surface area contributed by atoms with Crippen LogP contribution >= 0.6 is 0 Å². The molecule has 7 nitrogen and oxygen atoms in total. The van der Waals surface area contributed by atoms with Crippen molar-refractivity contribution in [2.75, 3.05) is 5.32 Å². The molecule has 1 saturated carbocycles. The minimum Gasteiger partial charge on any atom is -0.481 e. The van der Waals surface area contributed by atoms with E-state index in [1.54, 1.807) is 24.3 Å². The number of aliphatic carboxylic acids is 1. The molecule has 0 amide bonds. The summed E-state index contributed by atoms with van der Waals surface area (Å²) >= 11 is 0. The molecule has 1 aliphatic rings. The first kappa shape index (κ1) is 27.1. The van der Waals surface area contributed by atoms with Crippen molar-refractivity contribution in [3.8, 4) is 0 Å². The van der Waals surface area contributed by atoms with E-state index in [9.17, 15) is 27.9 Å². The number of aromatic nitrogens is 2. The molecule has 1 unspecified atom stereocenters. The average Bonchev–Trinajstić information content (AvgIpc) is 3.37. The first-order valence-electron chi connectivity index (χ1n) is 12.4. The summed E-state index contributed by atoms with van der Waals surface area (Å²) in [5.41, 5.74) is 0.638. The van der Waals surface area contributed by atoms with E-state index in [1.165, 1.54) is 0 Å². The van der Waals surface area contributed by atoms with E-state index in [0.717, 1.165) is 24.6 Å². The Balaban J connectivity index is 1.39. The fourth-order valence-electron chi connectivity index (χ4n) is 4.77. The van der Waals surface area contributed by atoms with Crippen LogP contribution in [0.25, 0.3) is 0 Å². The lowest BCUT2D eigenvalue weighted by Crippen LogP contribution is -2.18. The molecular formula is C28H28F3N3O4. The average molecular weight is 528 g/mol. The largest absolute Gasteiger partial charge is 0.481 e. The summed E-state index contributed by atoms with van der Waals surface area (Å²) in [4.78, 5) is 31.7. The standard InChI is InChI=1S/C28H28F3N3O4/c29-28(30,31)23-16-32-27(34-24(23)11-5-9-19-8-4-10-22(19)25(35)36)33-21-14-12-20(13-15-21)26(37)38-17-18-6-2-1-3-7-18/h1-3,6-7,12-16,19,22H,4-5,8-11,17H2,(H,35,36)(H,32,33,34)/t19?,22-/m0/s1. The third-order valence-electron chi connectivity index (χ3n) is 6.73. The van der Waals surface area contributed by atoms with Gasteiger partial charge in [-0.05, 0) is 67.9 Å². The van der Waals surface area contributed by atoms with E-state index in [-0.39, 0.29) is 30.6 Å². The van der Waals surface area contributed by atoms with Crippen molar-refractivity contribution in [3.63, 3.8) is 0 Å². The minimum absolute atomic E-state index is 0.00307. The number of nitrogens with one attached hydrogen (secondary N) is 1. The number of alkyl halides is 3. The molecule has 0 radical (unpaired) electrons. The monoisotopic (exact) mass is 527 g/mol. The van der Waals surface area contributed by atoms with Crippen LogP contribution in [-0.2, 0) is 28.7 Å². The third-order valence-corrected chi connectivity index (χ3v) is 6.73. The van der Waals surface area contributed by atoms with Crippen molar-refractivity contribution in [2.24, 2.45) is 11.8 Å². The molecule has 3 aromatic rings. The highest BCUT2D eigenvalue weighted by atomic mass is 19.4. The summed E-state index contributed by atoms with van der Waals surface area (Å²) in [6.45, 7) is 0.138. The van der Waals surface area contributed by atoms with E-state index in [0.29, 0.717) is 30.5 Å². The number of hydrogen-bond acceptors (Lipinski definition) is 6.